The molecule has 36 heavy (non-hydrogen) atoms. The maximum absolute atomic E-state index is 13.9. The van der Waals surface area contributed by atoms with E-state index in [0.717, 1.165) is 55.7 Å². The van der Waals surface area contributed by atoms with Crippen molar-refractivity contribution >= 4 is 22.4 Å². The number of hydrogen-bond acceptors (Lipinski definition) is 4. The molecule has 1 aliphatic rings. The van der Waals surface area contributed by atoms with E-state index >= 15 is 0 Å². The summed E-state index contributed by atoms with van der Waals surface area (Å²) in [6, 6.07) is 15.9. The second-order valence-corrected chi connectivity index (χ2v) is 11.3. The number of aromatic nitrogens is 1. The molecule has 0 spiro atoms. The molecule has 0 aliphatic heterocycles. The van der Waals surface area contributed by atoms with E-state index in [1.54, 1.807) is 6.20 Å². The van der Waals surface area contributed by atoms with Gasteiger partial charge in [0.15, 0.2) is 0 Å². The summed E-state index contributed by atoms with van der Waals surface area (Å²) in [6.45, 7) is 0.254. The number of rotatable bonds is 9. The molecule has 1 saturated carbocycles. The van der Waals surface area contributed by atoms with E-state index < -0.39 is 21.4 Å². The molecule has 4 rings (SSSR count). The molecular formula is C27H32ClF2N3O2S. The van der Waals surface area contributed by atoms with Crippen LogP contribution >= 0.6 is 12.4 Å². The number of hydrogen-bond donors (Lipinski definition) is 2. The van der Waals surface area contributed by atoms with Crippen LogP contribution in [0.2, 0.25) is 0 Å². The molecule has 1 unspecified atom stereocenters. The van der Waals surface area contributed by atoms with E-state index in [1.165, 1.54) is 30.3 Å². The highest BCUT2D eigenvalue weighted by Crippen LogP contribution is 2.38. The van der Waals surface area contributed by atoms with Crippen LogP contribution in [0.5, 0.6) is 0 Å². The first-order chi connectivity index (χ1) is 16.7. The van der Waals surface area contributed by atoms with E-state index in [1.807, 2.05) is 30.5 Å². The number of benzene rings is 2. The number of pyridine rings is 1. The van der Waals surface area contributed by atoms with Crippen molar-refractivity contribution in [2.75, 3.05) is 6.54 Å². The molecule has 2 aromatic carbocycles. The molecule has 3 N–H and O–H groups in total. The topological polar surface area (TPSA) is 85.1 Å². The van der Waals surface area contributed by atoms with Gasteiger partial charge in [-0.1, -0.05) is 30.3 Å². The molecule has 0 bridgehead atoms. The van der Waals surface area contributed by atoms with Gasteiger partial charge in [-0.25, -0.2) is 21.9 Å². The van der Waals surface area contributed by atoms with Crippen LogP contribution in [0.1, 0.15) is 49.1 Å². The second-order valence-electron chi connectivity index (χ2n) is 9.61. The SMILES string of the molecule is Cl.NC1(CC(Cc2cccnc2)c2ccc(F)cc2)CCC(CNS(=O)(=O)c2ccccc2F)CC1. The molecule has 1 aliphatic carbocycles. The normalized spacial score (nSPS) is 20.9. The predicted octanol–water partition coefficient (Wildman–Crippen LogP) is 5.36. The Labute approximate surface area is 218 Å². The van der Waals surface area contributed by atoms with Gasteiger partial charge < -0.3 is 5.73 Å². The molecule has 0 saturated heterocycles. The third kappa shape index (κ3) is 7.32. The van der Waals surface area contributed by atoms with Gasteiger partial charge in [-0.3, -0.25) is 4.98 Å². The summed E-state index contributed by atoms with van der Waals surface area (Å²) in [4.78, 5) is 3.88. The number of sulfonamides is 1. The molecule has 0 amide bonds. The van der Waals surface area contributed by atoms with Crippen LogP contribution in [0.3, 0.4) is 0 Å². The largest absolute Gasteiger partial charge is 0.325 e. The Bertz CT molecular complexity index is 1220. The highest BCUT2D eigenvalue weighted by molar-refractivity contribution is 7.89. The quantitative estimate of drug-likeness (QED) is 0.386. The van der Waals surface area contributed by atoms with Crippen molar-refractivity contribution in [3.05, 3.63) is 95.8 Å². The first kappa shape index (κ1) is 28.2. The first-order valence-corrected chi connectivity index (χ1v) is 13.4. The fourth-order valence-corrected chi connectivity index (χ4v) is 6.16. The molecule has 1 fully saturated rings. The summed E-state index contributed by atoms with van der Waals surface area (Å²) < 4.78 is 55.1. The molecule has 1 heterocycles. The smallest absolute Gasteiger partial charge is 0.243 e. The third-order valence-electron chi connectivity index (χ3n) is 6.99. The van der Waals surface area contributed by atoms with E-state index in [4.69, 9.17) is 5.73 Å². The van der Waals surface area contributed by atoms with Gasteiger partial charge in [0.05, 0.1) is 0 Å². The number of halogens is 3. The molecule has 194 valence electrons. The van der Waals surface area contributed by atoms with Gasteiger partial charge in [-0.05, 0) is 91.8 Å². The Morgan fingerprint density at radius 1 is 1.03 bits per heavy atom. The summed E-state index contributed by atoms with van der Waals surface area (Å²) >= 11 is 0. The van der Waals surface area contributed by atoms with Gasteiger partial charge in [-0.15, -0.1) is 12.4 Å². The lowest BCUT2D eigenvalue weighted by atomic mass is 9.71. The van der Waals surface area contributed by atoms with Crippen LogP contribution in [0.25, 0.3) is 0 Å². The lowest BCUT2D eigenvalue weighted by molar-refractivity contribution is 0.211. The van der Waals surface area contributed by atoms with E-state index in [-0.39, 0.29) is 41.5 Å². The molecule has 5 nitrogen and oxygen atoms in total. The highest BCUT2D eigenvalue weighted by Gasteiger charge is 2.35. The van der Waals surface area contributed by atoms with Crippen molar-refractivity contribution in [3.8, 4) is 0 Å². The molecule has 9 heteroatoms. The van der Waals surface area contributed by atoms with Crippen LogP contribution in [0.15, 0.2) is 78.0 Å². The summed E-state index contributed by atoms with van der Waals surface area (Å²) in [7, 11) is -3.91. The van der Waals surface area contributed by atoms with Gasteiger partial charge in [-0.2, -0.15) is 0 Å². The van der Waals surface area contributed by atoms with Gasteiger partial charge >= 0.3 is 0 Å². The minimum absolute atomic E-state index is 0. The molecular weight excluding hydrogens is 504 g/mol. The lowest BCUT2D eigenvalue weighted by Crippen LogP contribution is -2.46. The monoisotopic (exact) mass is 535 g/mol. The average Bonchev–Trinajstić information content (AvgIpc) is 2.85. The van der Waals surface area contributed by atoms with Crippen LogP contribution in [-0.4, -0.2) is 25.5 Å². The summed E-state index contributed by atoms with van der Waals surface area (Å²) in [5.74, 6) is -0.781. The zero-order valence-corrected chi connectivity index (χ0v) is 21.6. The maximum Gasteiger partial charge on any atom is 0.243 e. The van der Waals surface area contributed by atoms with Gasteiger partial charge in [0, 0.05) is 24.5 Å². The first-order valence-electron chi connectivity index (χ1n) is 11.9. The number of nitrogens with two attached hydrogens (primary N) is 1. The van der Waals surface area contributed by atoms with Crippen LogP contribution in [0, 0.1) is 17.6 Å². The van der Waals surface area contributed by atoms with Gasteiger partial charge in [0.25, 0.3) is 0 Å². The maximum atomic E-state index is 13.9. The summed E-state index contributed by atoms with van der Waals surface area (Å²) in [5.41, 5.74) is 8.60. The number of nitrogens with one attached hydrogen (secondary N) is 1. The van der Waals surface area contributed by atoms with Crippen molar-refractivity contribution in [2.45, 2.75) is 54.9 Å². The third-order valence-corrected chi connectivity index (χ3v) is 8.45. The lowest BCUT2D eigenvalue weighted by Gasteiger charge is -2.39. The van der Waals surface area contributed by atoms with E-state index in [0.29, 0.717) is 0 Å². The molecule has 1 aromatic heterocycles. The zero-order valence-electron chi connectivity index (χ0n) is 19.9. The van der Waals surface area contributed by atoms with Crippen molar-refractivity contribution in [2.24, 2.45) is 11.7 Å². The van der Waals surface area contributed by atoms with Crippen LogP contribution in [-0.2, 0) is 16.4 Å². The van der Waals surface area contributed by atoms with Gasteiger partial charge in [0.1, 0.15) is 16.5 Å². The Morgan fingerprint density at radius 3 is 2.36 bits per heavy atom. The minimum Gasteiger partial charge on any atom is -0.325 e. The molecule has 0 radical (unpaired) electrons. The van der Waals surface area contributed by atoms with Crippen molar-refractivity contribution < 1.29 is 17.2 Å². The fraction of sp³-hybridized carbons (Fsp3) is 0.370. The van der Waals surface area contributed by atoms with Crippen molar-refractivity contribution in [3.63, 3.8) is 0 Å². The highest BCUT2D eigenvalue weighted by atomic mass is 35.5. The minimum atomic E-state index is -3.91. The summed E-state index contributed by atoms with van der Waals surface area (Å²) in [5, 5.41) is 0. The van der Waals surface area contributed by atoms with E-state index in [9.17, 15) is 17.2 Å². The Morgan fingerprint density at radius 2 is 1.72 bits per heavy atom. The van der Waals surface area contributed by atoms with Gasteiger partial charge in [0.2, 0.25) is 10.0 Å². The van der Waals surface area contributed by atoms with E-state index in [2.05, 4.69) is 9.71 Å². The van der Waals surface area contributed by atoms with Crippen LogP contribution in [0.4, 0.5) is 8.78 Å². The van der Waals surface area contributed by atoms with Crippen molar-refractivity contribution in [1.29, 1.82) is 0 Å². The Balaban J connectivity index is 0.00000361. The predicted molar refractivity (Wildman–Crippen MR) is 139 cm³/mol. The Hall–Kier alpha value is -2.39. The molecule has 3 aromatic rings. The standard InChI is InChI=1S/C27H31F2N3O2S.ClH/c28-24-9-7-22(8-10-24)23(16-21-4-3-15-31-18-21)17-27(30)13-11-20(12-14-27)19-32-35(33,34)26-6-2-1-5-25(26)29;/h1-10,15,18,20,23,32H,11-14,16-17,19,30H2;1H. The number of nitrogens with zero attached hydrogens (tertiary/aromatic N) is 1. The van der Waals surface area contributed by atoms with Crippen LogP contribution < -0.4 is 10.5 Å². The average molecular weight is 536 g/mol. The second kappa shape index (κ2) is 12.2. The van der Waals surface area contributed by atoms with Crippen molar-refractivity contribution in [1.82, 2.24) is 9.71 Å². The fourth-order valence-electron chi connectivity index (χ4n) is 4.97. The Kier molecular flexibility index (Phi) is 9.58. The summed E-state index contributed by atoms with van der Waals surface area (Å²) in [6.07, 6.45) is 8.14. The zero-order chi connectivity index (χ0) is 24.9. The molecule has 1 atom stereocenters.